The molecule has 0 aliphatic heterocycles. The maximum Gasteiger partial charge on any atom is 0.316 e. The first-order valence-corrected chi connectivity index (χ1v) is 12.3. The average molecular weight is 498 g/mol. The van der Waals surface area contributed by atoms with E-state index in [-0.39, 0.29) is 18.3 Å². The highest BCUT2D eigenvalue weighted by molar-refractivity contribution is 5.96. The lowest BCUT2D eigenvalue weighted by Gasteiger charge is -2.14. The predicted octanol–water partition coefficient (Wildman–Crippen LogP) is 6.77. The second-order valence-electron chi connectivity index (χ2n) is 9.14. The van der Waals surface area contributed by atoms with Gasteiger partial charge in [-0.3, -0.25) is 9.79 Å². The number of aliphatic imine (C=N–C) groups is 1. The van der Waals surface area contributed by atoms with Crippen LogP contribution in [0.2, 0.25) is 0 Å². The molecule has 0 spiro atoms. The summed E-state index contributed by atoms with van der Waals surface area (Å²) in [5.41, 5.74) is 4.73. The quantitative estimate of drug-likeness (QED) is 0.165. The van der Waals surface area contributed by atoms with Crippen molar-refractivity contribution >= 4 is 17.5 Å². The number of nitrogens with one attached hydrogen (secondary N) is 1. The summed E-state index contributed by atoms with van der Waals surface area (Å²) in [6, 6.07) is 22.7. The lowest BCUT2D eigenvalue weighted by Crippen LogP contribution is -2.23. The largest absolute Gasteiger partial charge is 0.465 e. The zero-order chi connectivity index (χ0) is 25.8. The Morgan fingerprint density at radius 1 is 1.03 bits per heavy atom. The molecule has 1 saturated carbocycles. The lowest BCUT2D eigenvalue weighted by atomic mass is 9.93. The molecule has 0 amide bonds. The van der Waals surface area contributed by atoms with Gasteiger partial charge in [0.25, 0.3) is 0 Å². The van der Waals surface area contributed by atoms with Gasteiger partial charge in [0.2, 0.25) is 0 Å². The number of amidine groups is 1. The van der Waals surface area contributed by atoms with Crippen molar-refractivity contribution in [1.29, 1.82) is 0 Å². The normalized spacial score (nSPS) is 14.3. The maximum atomic E-state index is 13.9. The first kappa shape index (κ1) is 24.4. The van der Waals surface area contributed by atoms with E-state index in [0.717, 1.165) is 35.1 Å². The number of hydrogen-bond acceptors (Lipinski definition) is 5. The number of ether oxygens (including phenoxy) is 1. The standard InChI is InChI=1S/C30H28FN3O3/c1-3-36-29(35)30(16-17-30)25-14-12-22(13-15-25)21-8-10-23(11-9-21)28-27(19-33-37-28)34-20(2)32-18-24-6-4-5-7-26(24)31/h4-15,19H,3,16-18H2,1-2H3,(H,32,34). The van der Waals surface area contributed by atoms with E-state index in [9.17, 15) is 9.18 Å². The number of halogens is 1. The predicted molar refractivity (Wildman–Crippen MR) is 142 cm³/mol. The number of anilines is 1. The molecule has 188 valence electrons. The molecule has 5 rings (SSSR count). The monoisotopic (exact) mass is 497 g/mol. The highest BCUT2D eigenvalue weighted by atomic mass is 19.1. The van der Waals surface area contributed by atoms with Crippen LogP contribution in [0.5, 0.6) is 0 Å². The summed E-state index contributed by atoms with van der Waals surface area (Å²) in [6.07, 6.45) is 3.27. The van der Waals surface area contributed by atoms with E-state index in [1.54, 1.807) is 24.4 Å². The third kappa shape index (κ3) is 5.16. The Morgan fingerprint density at radius 3 is 2.32 bits per heavy atom. The van der Waals surface area contributed by atoms with E-state index in [2.05, 4.69) is 15.5 Å². The summed E-state index contributed by atoms with van der Waals surface area (Å²) in [5.74, 6) is 0.815. The van der Waals surface area contributed by atoms with Crippen LogP contribution in [0.3, 0.4) is 0 Å². The van der Waals surface area contributed by atoms with Crippen molar-refractivity contribution in [2.24, 2.45) is 4.99 Å². The van der Waals surface area contributed by atoms with Gasteiger partial charge in [0.05, 0.1) is 30.6 Å². The van der Waals surface area contributed by atoms with Gasteiger partial charge >= 0.3 is 5.97 Å². The summed E-state index contributed by atoms with van der Waals surface area (Å²) < 4.78 is 24.6. The zero-order valence-corrected chi connectivity index (χ0v) is 20.8. The minimum absolute atomic E-state index is 0.129. The topological polar surface area (TPSA) is 76.7 Å². The Hall–Kier alpha value is -4.26. The Morgan fingerprint density at radius 2 is 1.68 bits per heavy atom. The van der Waals surface area contributed by atoms with Gasteiger partial charge in [-0.15, -0.1) is 0 Å². The van der Waals surface area contributed by atoms with E-state index >= 15 is 0 Å². The van der Waals surface area contributed by atoms with E-state index in [0.29, 0.717) is 29.5 Å². The van der Waals surface area contributed by atoms with Gasteiger partial charge in [0, 0.05) is 11.1 Å². The number of nitrogens with zero attached hydrogens (tertiary/aromatic N) is 2. The molecule has 1 fully saturated rings. The molecule has 1 N–H and O–H groups in total. The molecular formula is C30H28FN3O3. The Balaban J connectivity index is 1.28. The fraction of sp³-hybridized carbons (Fsp3) is 0.233. The minimum Gasteiger partial charge on any atom is -0.465 e. The number of hydrogen-bond donors (Lipinski definition) is 1. The van der Waals surface area contributed by atoms with Gasteiger partial charge in [-0.05, 0) is 49.4 Å². The zero-order valence-electron chi connectivity index (χ0n) is 20.8. The van der Waals surface area contributed by atoms with Gasteiger partial charge in [-0.1, -0.05) is 71.9 Å². The smallest absolute Gasteiger partial charge is 0.316 e. The van der Waals surface area contributed by atoms with Crippen LogP contribution in [0.4, 0.5) is 10.1 Å². The van der Waals surface area contributed by atoms with E-state index in [1.165, 1.54) is 6.07 Å². The third-order valence-electron chi connectivity index (χ3n) is 6.66. The maximum absolute atomic E-state index is 13.9. The second kappa shape index (κ2) is 10.4. The number of carbonyl (C=O) groups excluding carboxylic acids is 1. The van der Waals surface area contributed by atoms with Crippen molar-refractivity contribution < 1.29 is 18.4 Å². The van der Waals surface area contributed by atoms with Gasteiger partial charge in [-0.25, -0.2) is 4.39 Å². The van der Waals surface area contributed by atoms with Crippen LogP contribution in [-0.4, -0.2) is 23.6 Å². The highest BCUT2D eigenvalue weighted by Gasteiger charge is 2.52. The van der Waals surface area contributed by atoms with E-state index in [1.807, 2.05) is 62.4 Å². The van der Waals surface area contributed by atoms with Crippen LogP contribution in [-0.2, 0) is 21.5 Å². The number of carbonyl (C=O) groups is 1. The summed E-state index contributed by atoms with van der Waals surface area (Å²) in [7, 11) is 0. The Bertz CT molecular complexity index is 1420. The van der Waals surface area contributed by atoms with Crippen molar-refractivity contribution in [2.45, 2.75) is 38.6 Å². The first-order chi connectivity index (χ1) is 18.0. The molecule has 1 heterocycles. The van der Waals surface area contributed by atoms with Gasteiger partial charge in [0.15, 0.2) is 5.76 Å². The van der Waals surface area contributed by atoms with Crippen LogP contribution in [0.15, 0.2) is 88.5 Å². The number of aromatic nitrogens is 1. The van der Waals surface area contributed by atoms with Crippen LogP contribution in [0.1, 0.15) is 37.8 Å². The number of benzene rings is 3. The minimum atomic E-state index is -0.467. The average Bonchev–Trinajstić information content (AvgIpc) is 3.61. The van der Waals surface area contributed by atoms with Gasteiger partial charge in [-0.2, -0.15) is 0 Å². The highest BCUT2D eigenvalue weighted by Crippen LogP contribution is 2.49. The van der Waals surface area contributed by atoms with Gasteiger partial charge < -0.3 is 14.6 Å². The van der Waals surface area contributed by atoms with Crippen LogP contribution in [0, 0.1) is 5.82 Å². The Kier molecular flexibility index (Phi) is 6.86. The molecule has 0 bridgehead atoms. The van der Waals surface area contributed by atoms with Crippen molar-refractivity contribution in [3.63, 3.8) is 0 Å². The number of rotatable bonds is 8. The molecule has 37 heavy (non-hydrogen) atoms. The Labute approximate surface area is 215 Å². The molecule has 7 heteroatoms. The SMILES string of the molecule is CCOC(=O)C1(c2ccc(-c3ccc(-c4oncc4NC(C)=NCc4ccccc4F)cc3)cc2)CC1. The molecule has 4 aromatic rings. The second-order valence-corrected chi connectivity index (χ2v) is 9.14. The molecular weight excluding hydrogens is 469 g/mol. The molecule has 1 aliphatic rings. The molecule has 3 aromatic carbocycles. The van der Waals surface area contributed by atoms with Crippen LogP contribution in [0.25, 0.3) is 22.5 Å². The molecule has 0 atom stereocenters. The van der Waals surface area contributed by atoms with Crippen molar-refractivity contribution in [1.82, 2.24) is 5.16 Å². The lowest BCUT2D eigenvalue weighted by molar-refractivity contribution is -0.146. The fourth-order valence-electron chi connectivity index (χ4n) is 4.40. The van der Waals surface area contributed by atoms with Gasteiger partial charge in [0.1, 0.15) is 11.5 Å². The fourth-order valence-corrected chi connectivity index (χ4v) is 4.40. The summed E-state index contributed by atoms with van der Waals surface area (Å²) in [6.45, 7) is 4.29. The number of esters is 1. The third-order valence-corrected chi connectivity index (χ3v) is 6.66. The summed E-state index contributed by atoms with van der Waals surface area (Å²) >= 11 is 0. The molecule has 6 nitrogen and oxygen atoms in total. The van der Waals surface area contributed by atoms with E-state index in [4.69, 9.17) is 9.26 Å². The molecule has 0 radical (unpaired) electrons. The summed E-state index contributed by atoms with van der Waals surface area (Å²) in [5, 5.41) is 7.14. The van der Waals surface area contributed by atoms with Crippen LogP contribution < -0.4 is 5.32 Å². The molecule has 1 aromatic heterocycles. The molecule has 0 unspecified atom stereocenters. The van der Waals surface area contributed by atoms with Crippen molar-refractivity contribution in [2.75, 3.05) is 11.9 Å². The summed E-state index contributed by atoms with van der Waals surface area (Å²) in [4.78, 5) is 16.8. The van der Waals surface area contributed by atoms with Crippen molar-refractivity contribution in [3.05, 3.63) is 95.9 Å². The molecule has 0 saturated heterocycles. The van der Waals surface area contributed by atoms with E-state index < -0.39 is 5.41 Å². The van der Waals surface area contributed by atoms with Crippen molar-refractivity contribution in [3.8, 4) is 22.5 Å². The first-order valence-electron chi connectivity index (χ1n) is 12.3. The van der Waals surface area contributed by atoms with Crippen LogP contribution >= 0.6 is 0 Å². The molecule has 1 aliphatic carbocycles.